The monoisotopic (exact) mass is 425 g/mol. The highest BCUT2D eigenvalue weighted by Gasteiger charge is 2.30. The fourth-order valence-electron chi connectivity index (χ4n) is 4.17. The van der Waals surface area contributed by atoms with E-state index in [1.165, 1.54) is 0 Å². The number of rotatable bonds is 6. The van der Waals surface area contributed by atoms with Gasteiger partial charge in [0, 0.05) is 30.5 Å². The molecule has 0 atom stereocenters. The molecule has 1 aliphatic carbocycles. The number of hydrogen-bond acceptors (Lipinski definition) is 4. The molecule has 2 aromatic carbocycles. The molecular formula is C26H27N5O. The summed E-state index contributed by atoms with van der Waals surface area (Å²) in [5.41, 5.74) is 2.55. The van der Waals surface area contributed by atoms with Crippen LogP contribution in [0.3, 0.4) is 0 Å². The second-order valence-corrected chi connectivity index (χ2v) is 8.04. The van der Waals surface area contributed by atoms with Crippen molar-refractivity contribution in [1.29, 1.82) is 5.26 Å². The number of nitrogens with zero attached hydrogens (tertiary/aromatic N) is 3. The Hall–Kier alpha value is -3.85. The van der Waals surface area contributed by atoms with E-state index in [2.05, 4.69) is 21.7 Å². The van der Waals surface area contributed by atoms with Crippen molar-refractivity contribution >= 4 is 17.5 Å². The summed E-state index contributed by atoms with van der Waals surface area (Å²) in [5.74, 6) is 0.785. The molecule has 0 saturated heterocycles. The Morgan fingerprint density at radius 3 is 2.28 bits per heavy atom. The molecule has 6 heteroatoms. The highest BCUT2D eigenvalue weighted by molar-refractivity contribution is 5.92. The number of carbonyl (C=O) groups excluding carboxylic acids is 1. The highest BCUT2D eigenvalue weighted by Crippen LogP contribution is 2.29. The Balaban J connectivity index is 1.39. The van der Waals surface area contributed by atoms with Gasteiger partial charge in [0.1, 0.15) is 11.9 Å². The van der Waals surface area contributed by atoms with Crippen molar-refractivity contribution < 1.29 is 4.79 Å². The first-order chi connectivity index (χ1) is 15.7. The van der Waals surface area contributed by atoms with Crippen LogP contribution >= 0.6 is 0 Å². The lowest BCUT2D eigenvalue weighted by atomic mass is 9.90. The number of para-hydroxylation sites is 1. The molecule has 0 unspecified atom stereocenters. The minimum absolute atomic E-state index is 0.0646. The zero-order valence-corrected chi connectivity index (χ0v) is 17.9. The Morgan fingerprint density at radius 2 is 1.66 bits per heavy atom. The molecule has 1 fully saturated rings. The molecule has 162 valence electrons. The van der Waals surface area contributed by atoms with Crippen molar-refractivity contribution in [2.75, 3.05) is 10.2 Å². The molecule has 3 aromatic rings. The van der Waals surface area contributed by atoms with E-state index in [0.717, 1.165) is 42.8 Å². The number of hydrogen-bond donors (Lipinski definition) is 2. The Kier molecular flexibility index (Phi) is 6.98. The maximum Gasteiger partial charge on any atom is 0.322 e. The lowest BCUT2D eigenvalue weighted by Gasteiger charge is -2.37. The summed E-state index contributed by atoms with van der Waals surface area (Å²) in [6, 6.07) is 25.9. The standard InChI is InChI=1S/C26H27N5O/c27-17-21-11-16-25(28-19-21)30-22-12-14-24(15-13-22)31(23-9-5-2-6-10-23)26(32)29-18-20-7-3-1-4-8-20/h1-11,16,19,22,24H,12-15,18H2,(H,28,30)(H,29,32). The molecule has 4 rings (SSSR count). The first-order valence-electron chi connectivity index (χ1n) is 11.0. The van der Waals surface area contributed by atoms with Gasteiger partial charge >= 0.3 is 6.03 Å². The molecule has 2 amide bonds. The van der Waals surface area contributed by atoms with E-state index in [0.29, 0.717) is 18.2 Å². The number of amides is 2. The number of aromatic nitrogens is 1. The lowest BCUT2D eigenvalue weighted by Crippen LogP contribution is -2.48. The molecule has 1 aromatic heterocycles. The van der Waals surface area contributed by atoms with Gasteiger partial charge in [-0.2, -0.15) is 5.26 Å². The summed E-state index contributed by atoms with van der Waals surface area (Å²) >= 11 is 0. The van der Waals surface area contributed by atoms with E-state index in [1.807, 2.05) is 71.6 Å². The molecule has 32 heavy (non-hydrogen) atoms. The smallest absolute Gasteiger partial charge is 0.322 e. The minimum Gasteiger partial charge on any atom is -0.367 e. The van der Waals surface area contributed by atoms with Crippen LogP contribution in [0.5, 0.6) is 0 Å². The average Bonchev–Trinajstić information content (AvgIpc) is 2.86. The third-order valence-electron chi connectivity index (χ3n) is 5.85. The molecule has 1 aliphatic rings. The van der Waals surface area contributed by atoms with Crippen LogP contribution < -0.4 is 15.5 Å². The van der Waals surface area contributed by atoms with Crippen molar-refractivity contribution in [2.45, 2.75) is 44.3 Å². The number of carbonyl (C=O) groups is 1. The number of benzene rings is 2. The predicted molar refractivity (Wildman–Crippen MR) is 126 cm³/mol. The van der Waals surface area contributed by atoms with E-state index in [-0.39, 0.29) is 12.1 Å². The van der Waals surface area contributed by atoms with Crippen LogP contribution in [0.2, 0.25) is 0 Å². The van der Waals surface area contributed by atoms with Crippen molar-refractivity contribution in [1.82, 2.24) is 10.3 Å². The Bertz CT molecular complexity index is 1040. The zero-order valence-electron chi connectivity index (χ0n) is 17.9. The van der Waals surface area contributed by atoms with Gasteiger partial charge in [-0.3, -0.25) is 4.90 Å². The topological polar surface area (TPSA) is 81.0 Å². The van der Waals surface area contributed by atoms with Crippen molar-refractivity contribution in [3.05, 3.63) is 90.1 Å². The first-order valence-corrected chi connectivity index (χ1v) is 11.0. The minimum atomic E-state index is -0.0646. The van der Waals surface area contributed by atoms with Gasteiger partial charge in [-0.15, -0.1) is 0 Å². The van der Waals surface area contributed by atoms with Crippen LogP contribution in [0.4, 0.5) is 16.3 Å². The molecule has 1 saturated carbocycles. The summed E-state index contributed by atoms with van der Waals surface area (Å²) in [5, 5.41) is 15.5. The van der Waals surface area contributed by atoms with E-state index in [1.54, 1.807) is 12.3 Å². The maximum absolute atomic E-state index is 13.2. The molecule has 0 spiro atoms. The van der Waals surface area contributed by atoms with Gasteiger partial charge < -0.3 is 10.6 Å². The third-order valence-corrected chi connectivity index (χ3v) is 5.85. The Labute approximate surface area is 188 Å². The zero-order chi connectivity index (χ0) is 22.2. The van der Waals surface area contributed by atoms with Gasteiger partial charge in [-0.05, 0) is 55.5 Å². The quantitative estimate of drug-likeness (QED) is 0.576. The Morgan fingerprint density at radius 1 is 0.969 bits per heavy atom. The number of urea groups is 1. The third kappa shape index (κ3) is 5.44. The molecule has 6 nitrogen and oxygen atoms in total. The predicted octanol–water partition coefficient (Wildman–Crippen LogP) is 5.09. The highest BCUT2D eigenvalue weighted by atomic mass is 16.2. The van der Waals surface area contributed by atoms with Crippen LogP contribution in [0.15, 0.2) is 79.0 Å². The summed E-state index contributed by atoms with van der Waals surface area (Å²) in [7, 11) is 0. The van der Waals surface area contributed by atoms with Crippen LogP contribution in [0, 0.1) is 11.3 Å². The first kappa shape index (κ1) is 21.4. The van der Waals surface area contributed by atoms with Crippen LogP contribution in [-0.2, 0) is 6.54 Å². The average molecular weight is 426 g/mol. The van der Waals surface area contributed by atoms with Crippen molar-refractivity contribution in [3.63, 3.8) is 0 Å². The molecule has 0 bridgehead atoms. The van der Waals surface area contributed by atoms with Gasteiger partial charge in [-0.25, -0.2) is 9.78 Å². The number of anilines is 2. The molecule has 1 heterocycles. The molecule has 0 aliphatic heterocycles. The second-order valence-electron chi connectivity index (χ2n) is 8.04. The van der Waals surface area contributed by atoms with Crippen LogP contribution in [-0.4, -0.2) is 23.1 Å². The van der Waals surface area contributed by atoms with Crippen molar-refractivity contribution in [2.24, 2.45) is 0 Å². The molecular weight excluding hydrogens is 398 g/mol. The fraction of sp³-hybridized carbons (Fsp3) is 0.269. The normalized spacial score (nSPS) is 17.7. The fourth-order valence-corrected chi connectivity index (χ4v) is 4.17. The van der Waals surface area contributed by atoms with Gasteiger partial charge in [0.05, 0.1) is 5.56 Å². The van der Waals surface area contributed by atoms with Gasteiger partial charge in [0.15, 0.2) is 0 Å². The van der Waals surface area contributed by atoms with Crippen LogP contribution in [0.25, 0.3) is 0 Å². The number of nitriles is 1. The van der Waals surface area contributed by atoms with E-state index in [4.69, 9.17) is 5.26 Å². The summed E-state index contributed by atoms with van der Waals surface area (Å²) in [6.07, 6.45) is 5.29. The van der Waals surface area contributed by atoms with Crippen molar-refractivity contribution in [3.8, 4) is 6.07 Å². The molecule has 2 N–H and O–H groups in total. The summed E-state index contributed by atoms with van der Waals surface area (Å²) in [6.45, 7) is 0.504. The van der Waals surface area contributed by atoms with E-state index < -0.39 is 0 Å². The van der Waals surface area contributed by atoms with Gasteiger partial charge in [0.25, 0.3) is 0 Å². The van der Waals surface area contributed by atoms with Gasteiger partial charge in [0.2, 0.25) is 0 Å². The molecule has 0 radical (unpaired) electrons. The maximum atomic E-state index is 13.2. The number of nitrogens with one attached hydrogen (secondary N) is 2. The van der Waals surface area contributed by atoms with E-state index >= 15 is 0 Å². The van der Waals surface area contributed by atoms with E-state index in [9.17, 15) is 4.79 Å². The van der Waals surface area contributed by atoms with Crippen LogP contribution in [0.1, 0.15) is 36.8 Å². The van der Waals surface area contributed by atoms with Gasteiger partial charge in [-0.1, -0.05) is 48.5 Å². The summed E-state index contributed by atoms with van der Waals surface area (Å²) < 4.78 is 0. The lowest BCUT2D eigenvalue weighted by molar-refractivity contribution is 0.240. The number of pyridine rings is 1. The SMILES string of the molecule is N#Cc1ccc(NC2CCC(N(C(=O)NCc3ccccc3)c3ccccc3)CC2)nc1. The largest absolute Gasteiger partial charge is 0.367 e. The second kappa shape index (κ2) is 10.5. The summed E-state index contributed by atoms with van der Waals surface area (Å²) in [4.78, 5) is 19.4.